The lowest BCUT2D eigenvalue weighted by atomic mass is 10.0. The third-order valence-corrected chi connectivity index (χ3v) is 7.82. The number of amides is 3. The largest absolute Gasteiger partial charge is 0.478 e. The van der Waals surface area contributed by atoms with Gasteiger partial charge >= 0.3 is 12.0 Å². The molecule has 3 heterocycles. The molecule has 5 atom stereocenters. The SMILES string of the molecule is CCNC(=O)Nc1ncnc2c1ncn2C1CC(CNC(=O)c2c(F)cccc2C(=O)O)C2O[C@H](/C=C/c3ccccc3)OC21. The number of hydrogen-bond donors (Lipinski definition) is 4. The molecule has 4 aromatic rings. The molecule has 2 aliphatic rings. The Hall–Kier alpha value is -5.21. The quantitative estimate of drug-likeness (QED) is 0.220. The number of imidazole rings is 1. The van der Waals surface area contributed by atoms with E-state index in [0.717, 1.165) is 11.6 Å². The fraction of sp³-hybridized carbons (Fsp3) is 0.290. The summed E-state index contributed by atoms with van der Waals surface area (Å²) >= 11 is 0. The normalized spacial score (nSPS) is 22.4. The van der Waals surface area contributed by atoms with Gasteiger partial charge in [0.2, 0.25) is 0 Å². The van der Waals surface area contributed by atoms with Crippen LogP contribution in [-0.4, -0.2) is 74.1 Å². The van der Waals surface area contributed by atoms with Gasteiger partial charge in [-0.1, -0.05) is 42.5 Å². The summed E-state index contributed by atoms with van der Waals surface area (Å²) in [5, 5.41) is 17.5. The van der Waals surface area contributed by atoms with Crippen LogP contribution in [0.15, 0.2) is 67.3 Å². The number of carboxylic acid groups (broad SMARTS) is 1. The number of nitrogens with zero attached hydrogens (tertiary/aromatic N) is 4. The number of anilines is 1. The molecule has 0 spiro atoms. The molecule has 14 heteroatoms. The van der Waals surface area contributed by atoms with E-state index in [2.05, 4.69) is 30.9 Å². The Morgan fingerprint density at radius 1 is 1.04 bits per heavy atom. The number of halogens is 1. The zero-order valence-corrected chi connectivity index (χ0v) is 24.1. The van der Waals surface area contributed by atoms with Crippen LogP contribution in [0.4, 0.5) is 15.0 Å². The minimum Gasteiger partial charge on any atom is -0.478 e. The summed E-state index contributed by atoms with van der Waals surface area (Å²) in [4.78, 5) is 50.0. The molecule has 2 aromatic carbocycles. The average molecular weight is 616 g/mol. The zero-order chi connectivity index (χ0) is 31.5. The van der Waals surface area contributed by atoms with Crippen molar-refractivity contribution >= 4 is 41.0 Å². The van der Waals surface area contributed by atoms with Gasteiger partial charge < -0.3 is 29.8 Å². The van der Waals surface area contributed by atoms with E-state index in [1.807, 2.05) is 41.0 Å². The first-order chi connectivity index (χ1) is 21.8. The van der Waals surface area contributed by atoms with Crippen molar-refractivity contribution in [1.29, 1.82) is 0 Å². The monoisotopic (exact) mass is 615 g/mol. The molecule has 6 rings (SSSR count). The summed E-state index contributed by atoms with van der Waals surface area (Å²) < 4.78 is 29.1. The molecule has 1 aliphatic carbocycles. The van der Waals surface area contributed by atoms with Crippen molar-refractivity contribution in [2.45, 2.75) is 37.9 Å². The van der Waals surface area contributed by atoms with Gasteiger partial charge in [0.05, 0.1) is 29.6 Å². The Labute approximate surface area is 256 Å². The molecule has 13 nitrogen and oxygen atoms in total. The van der Waals surface area contributed by atoms with Crippen LogP contribution in [0.1, 0.15) is 45.7 Å². The van der Waals surface area contributed by atoms with Gasteiger partial charge in [-0.25, -0.2) is 28.9 Å². The summed E-state index contributed by atoms with van der Waals surface area (Å²) in [6.07, 6.45) is 5.44. The number of aromatic nitrogens is 4. The number of ether oxygens (including phenoxy) is 2. The summed E-state index contributed by atoms with van der Waals surface area (Å²) in [5.41, 5.74) is 0.855. The van der Waals surface area contributed by atoms with Crippen molar-refractivity contribution < 1.29 is 33.4 Å². The molecule has 2 fully saturated rings. The number of carbonyl (C=O) groups is 3. The molecule has 2 aromatic heterocycles. The highest BCUT2D eigenvalue weighted by atomic mass is 19.1. The van der Waals surface area contributed by atoms with Crippen molar-refractivity contribution in [1.82, 2.24) is 30.2 Å². The Bertz CT molecular complexity index is 1760. The topological polar surface area (TPSA) is 170 Å². The summed E-state index contributed by atoms with van der Waals surface area (Å²) in [6, 6.07) is 12.4. The average Bonchev–Trinajstić information content (AvgIpc) is 3.74. The van der Waals surface area contributed by atoms with E-state index in [-0.39, 0.29) is 24.3 Å². The maximum atomic E-state index is 14.6. The third kappa shape index (κ3) is 6.10. The number of fused-ring (bicyclic) bond motifs is 2. The van der Waals surface area contributed by atoms with E-state index in [4.69, 9.17) is 9.47 Å². The molecule has 1 saturated heterocycles. The van der Waals surface area contributed by atoms with Crippen LogP contribution in [0.25, 0.3) is 17.2 Å². The van der Waals surface area contributed by atoms with Crippen LogP contribution >= 0.6 is 0 Å². The Morgan fingerprint density at radius 3 is 2.62 bits per heavy atom. The summed E-state index contributed by atoms with van der Waals surface area (Å²) in [7, 11) is 0. The zero-order valence-electron chi connectivity index (χ0n) is 24.1. The summed E-state index contributed by atoms with van der Waals surface area (Å²) in [5.74, 6) is -3.23. The second-order valence-electron chi connectivity index (χ2n) is 10.6. The van der Waals surface area contributed by atoms with Crippen LogP contribution in [0, 0.1) is 11.7 Å². The minimum atomic E-state index is -1.41. The first-order valence-electron chi connectivity index (χ1n) is 14.4. The van der Waals surface area contributed by atoms with E-state index < -0.39 is 53.3 Å². The van der Waals surface area contributed by atoms with Gasteiger partial charge in [0, 0.05) is 19.0 Å². The maximum Gasteiger partial charge on any atom is 0.336 e. The fourth-order valence-electron chi connectivity index (χ4n) is 5.82. The maximum absolute atomic E-state index is 14.6. The van der Waals surface area contributed by atoms with Gasteiger partial charge in [0.1, 0.15) is 18.2 Å². The number of rotatable bonds is 9. The van der Waals surface area contributed by atoms with E-state index in [1.54, 1.807) is 19.3 Å². The predicted molar refractivity (Wildman–Crippen MR) is 160 cm³/mol. The number of carbonyl (C=O) groups excluding carboxylic acids is 2. The fourth-order valence-corrected chi connectivity index (χ4v) is 5.82. The highest BCUT2D eigenvalue weighted by Gasteiger charge is 2.52. The molecule has 232 valence electrons. The van der Waals surface area contributed by atoms with Crippen LogP contribution in [-0.2, 0) is 9.47 Å². The van der Waals surface area contributed by atoms with E-state index in [0.29, 0.717) is 24.1 Å². The van der Waals surface area contributed by atoms with Gasteiger partial charge in [0.25, 0.3) is 5.91 Å². The highest BCUT2D eigenvalue weighted by molar-refractivity contribution is 6.05. The lowest BCUT2D eigenvalue weighted by molar-refractivity contribution is -0.0497. The standard InChI is InChI=1S/C31H30FN7O6/c1-2-33-31(43)38-27-24-28(36-15-35-27)39(16-37-24)21-13-18(14-34-29(40)23-19(30(41)42)9-6-10-20(23)32)25-26(21)45-22(44-25)12-11-17-7-4-3-5-8-17/h3-12,15-16,18,21-22,25-26H,2,13-14H2,1H3,(H,34,40)(H,41,42)(H2,33,35,36,38,43)/b12-11+/t18?,21?,22-,25?,26?/m0/s1. The molecular weight excluding hydrogens is 585 g/mol. The third-order valence-electron chi connectivity index (χ3n) is 7.82. The van der Waals surface area contributed by atoms with Crippen molar-refractivity contribution in [2.75, 3.05) is 18.4 Å². The number of urea groups is 1. The van der Waals surface area contributed by atoms with Crippen molar-refractivity contribution in [3.8, 4) is 0 Å². The Kier molecular flexibility index (Phi) is 8.49. The highest BCUT2D eigenvalue weighted by Crippen LogP contribution is 2.45. The molecule has 4 N–H and O–H groups in total. The van der Waals surface area contributed by atoms with Crippen molar-refractivity contribution in [3.05, 3.63) is 89.8 Å². The second-order valence-corrected chi connectivity index (χ2v) is 10.6. The van der Waals surface area contributed by atoms with E-state index in [1.165, 1.54) is 18.5 Å². The van der Waals surface area contributed by atoms with Crippen molar-refractivity contribution in [3.63, 3.8) is 0 Å². The van der Waals surface area contributed by atoms with Crippen LogP contribution in [0.3, 0.4) is 0 Å². The van der Waals surface area contributed by atoms with Gasteiger partial charge in [-0.05, 0) is 37.1 Å². The van der Waals surface area contributed by atoms with Gasteiger partial charge in [0.15, 0.2) is 23.3 Å². The minimum absolute atomic E-state index is 0.0635. The molecule has 0 radical (unpaired) electrons. The van der Waals surface area contributed by atoms with Crippen LogP contribution < -0.4 is 16.0 Å². The van der Waals surface area contributed by atoms with Crippen molar-refractivity contribution in [2.24, 2.45) is 5.92 Å². The molecule has 0 bridgehead atoms. The molecular formula is C31H30FN7O6. The van der Waals surface area contributed by atoms with E-state index >= 15 is 0 Å². The van der Waals surface area contributed by atoms with Gasteiger partial charge in [-0.3, -0.25) is 10.1 Å². The molecule has 1 aliphatic heterocycles. The van der Waals surface area contributed by atoms with Gasteiger partial charge in [-0.2, -0.15) is 0 Å². The van der Waals surface area contributed by atoms with E-state index in [9.17, 15) is 23.9 Å². The lowest BCUT2D eigenvalue weighted by Crippen LogP contribution is -2.35. The second kappa shape index (κ2) is 12.8. The van der Waals surface area contributed by atoms with Crippen LogP contribution in [0.5, 0.6) is 0 Å². The smallest absolute Gasteiger partial charge is 0.336 e. The lowest BCUT2D eigenvalue weighted by Gasteiger charge is -2.20. The molecule has 45 heavy (non-hydrogen) atoms. The Morgan fingerprint density at radius 2 is 1.84 bits per heavy atom. The number of nitrogens with one attached hydrogen (secondary N) is 3. The molecule has 1 saturated carbocycles. The number of carboxylic acids is 1. The van der Waals surface area contributed by atoms with Gasteiger partial charge in [-0.15, -0.1) is 0 Å². The first kappa shape index (κ1) is 29.8. The first-order valence-corrected chi connectivity index (χ1v) is 14.4. The number of hydrogen-bond acceptors (Lipinski definition) is 8. The number of benzene rings is 2. The van der Waals surface area contributed by atoms with Crippen LogP contribution in [0.2, 0.25) is 0 Å². The predicted octanol–water partition coefficient (Wildman–Crippen LogP) is 3.62. The summed E-state index contributed by atoms with van der Waals surface area (Å²) in [6.45, 7) is 2.30. The Balaban J connectivity index is 1.27. The molecule has 4 unspecified atom stereocenters. The molecule has 3 amide bonds. The number of aromatic carboxylic acids is 1.